The highest BCUT2D eigenvalue weighted by Crippen LogP contribution is 2.47. The summed E-state index contributed by atoms with van der Waals surface area (Å²) in [5.74, 6) is -0.212. The van der Waals surface area contributed by atoms with Crippen LogP contribution in [0.5, 0.6) is 0 Å². The summed E-state index contributed by atoms with van der Waals surface area (Å²) in [6.07, 6.45) is 4.44. The molecular formula is C20H26O8. The third-order valence-electron chi connectivity index (χ3n) is 6.26. The molecule has 0 aromatic heterocycles. The average molecular weight is 394 g/mol. The molecule has 28 heavy (non-hydrogen) atoms. The minimum atomic E-state index is -0.431. The lowest BCUT2D eigenvalue weighted by atomic mass is 9.89. The van der Waals surface area contributed by atoms with Gasteiger partial charge in [-0.15, -0.1) is 0 Å². The smallest absolute Gasteiger partial charge is 0.305 e. The van der Waals surface area contributed by atoms with Gasteiger partial charge in [-0.1, -0.05) is 0 Å². The molecule has 4 aliphatic rings. The molecule has 0 radical (unpaired) electrons. The van der Waals surface area contributed by atoms with Crippen molar-refractivity contribution < 1.29 is 38.1 Å². The first kappa shape index (κ1) is 19.5. The van der Waals surface area contributed by atoms with Crippen molar-refractivity contribution in [2.75, 3.05) is 13.2 Å². The minimum absolute atomic E-state index is 0.0897. The van der Waals surface area contributed by atoms with Gasteiger partial charge in [-0.25, -0.2) is 0 Å². The summed E-state index contributed by atoms with van der Waals surface area (Å²) in [6.45, 7) is 0.412. The van der Waals surface area contributed by atoms with Gasteiger partial charge >= 0.3 is 11.9 Å². The molecule has 2 saturated carbocycles. The highest BCUT2D eigenvalue weighted by atomic mass is 16.6. The number of carbonyl (C=O) groups excluding carboxylic acids is 4. The molecule has 0 bridgehead atoms. The second kappa shape index (κ2) is 7.55. The van der Waals surface area contributed by atoms with Crippen molar-refractivity contribution in [3.05, 3.63) is 0 Å². The number of ketones is 2. The van der Waals surface area contributed by atoms with E-state index in [2.05, 4.69) is 0 Å². The van der Waals surface area contributed by atoms with Crippen LogP contribution >= 0.6 is 0 Å². The molecule has 2 heterocycles. The Bertz CT molecular complexity index is 630. The standard InChI is InChI=1S/C20H26O8/c21-13-5-7-19(15(9-13)27-19)11-25-17(23)3-1-2-4-18(24)26-12-20-8-6-14(22)10-16(20)28-20/h15-16H,1-12H2. The quantitative estimate of drug-likeness (QED) is 0.328. The second-order valence-corrected chi connectivity index (χ2v) is 8.36. The normalized spacial score (nSPS) is 35.6. The van der Waals surface area contributed by atoms with Gasteiger partial charge < -0.3 is 18.9 Å². The lowest BCUT2D eigenvalue weighted by Crippen LogP contribution is -2.30. The molecule has 2 aliphatic heterocycles. The van der Waals surface area contributed by atoms with Gasteiger partial charge in [0.15, 0.2) is 0 Å². The van der Waals surface area contributed by atoms with Crippen molar-refractivity contribution in [3.63, 3.8) is 0 Å². The van der Waals surface area contributed by atoms with Crippen molar-refractivity contribution in [1.29, 1.82) is 0 Å². The van der Waals surface area contributed by atoms with Gasteiger partial charge in [-0.05, 0) is 25.7 Å². The lowest BCUT2D eigenvalue weighted by molar-refractivity contribution is -0.148. The molecule has 0 spiro atoms. The first-order valence-electron chi connectivity index (χ1n) is 10.1. The minimum Gasteiger partial charge on any atom is -0.462 e. The fourth-order valence-electron chi connectivity index (χ4n) is 4.20. The summed E-state index contributed by atoms with van der Waals surface area (Å²) in [5, 5.41) is 0. The van der Waals surface area contributed by atoms with Crippen LogP contribution in [0.3, 0.4) is 0 Å². The summed E-state index contributed by atoms with van der Waals surface area (Å²) in [7, 11) is 0. The Hall–Kier alpha value is -1.80. The first-order chi connectivity index (χ1) is 13.4. The number of Topliss-reactive ketones (excluding diaryl/α,β-unsaturated/α-hetero) is 2. The van der Waals surface area contributed by atoms with Crippen LogP contribution in [0.25, 0.3) is 0 Å². The van der Waals surface area contributed by atoms with E-state index in [1.54, 1.807) is 0 Å². The van der Waals surface area contributed by atoms with E-state index in [0.717, 1.165) is 0 Å². The van der Waals surface area contributed by atoms with E-state index in [-0.39, 0.29) is 61.8 Å². The average Bonchev–Trinajstić information content (AvgIpc) is 3.56. The Labute approximate surface area is 163 Å². The van der Waals surface area contributed by atoms with Crippen molar-refractivity contribution in [3.8, 4) is 0 Å². The third-order valence-corrected chi connectivity index (χ3v) is 6.26. The Balaban J connectivity index is 1.04. The Morgan fingerprint density at radius 3 is 1.64 bits per heavy atom. The summed E-state index contributed by atoms with van der Waals surface area (Å²) in [5.41, 5.74) is -0.863. The molecule has 4 unspecified atom stereocenters. The number of epoxide rings is 2. The molecule has 0 aromatic carbocycles. The van der Waals surface area contributed by atoms with Crippen molar-refractivity contribution in [1.82, 2.24) is 0 Å². The van der Waals surface area contributed by atoms with E-state index in [0.29, 0.717) is 51.4 Å². The van der Waals surface area contributed by atoms with Crippen LogP contribution in [-0.2, 0) is 38.1 Å². The lowest BCUT2D eigenvalue weighted by Gasteiger charge is -2.16. The number of unbranched alkanes of at least 4 members (excludes halogenated alkanes) is 1. The Morgan fingerprint density at radius 1 is 0.821 bits per heavy atom. The first-order valence-corrected chi connectivity index (χ1v) is 10.1. The zero-order valence-corrected chi connectivity index (χ0v) is 15.9. The molecule has 2 aliphatic carbocycles. The zero-order valence-electron chi connectivity index (χ0n) is 15.9. The topological polar surface area (TPSA) is 112 Å². The summed E-state index contributed by atoms with van der Waals surface area (Å²) < 4.78 is 21.7. The van der Waals surface area contributed by atoms with Crippen LogP contribution in [0.4, 0.5) is 0 Å². The molecule has 154 valence electrons. The molecule has 0 N–H and O–H groups in total. The molecule has 4 rings (SSSR count). The van der Waals surface area contributed by atoms with Gasteiger partial charge in [0, 0.05) is 38.5 Å². The maximum atomic E-state index is 11.9. The highest BCUT2D eigenvalue weighted by molar-refractivity contribution is 5.81. The molecule has 0 aromatic rings. The monoisotopic (exact) mass is 394 g/mol. The summed E-state index contributed by atoms with van der Waals surface area (Å²) >= 11 is 0. The second-order valence-electron chi connectivity index (χ2n) is 8.36. The van der Waals surface area contributed by atoms with Gasteiger partial charge in [0.2, 0.25) is 0 Å². The molecule has 4 fully saturated rings. The van der Waals surface area contributed by atoms with Crippen LogP contribution in [0, 0.1) is 0 Å². The maximum Gasteiger partial charge on any atom is 0.305 e. The molecule has 8 heteroatoms. The Kier molecular flexibility index (Phi) is 5.26. The molecule has 2 saturated heterocycles. The Morgan fingerprint density at radius 2 is 1.25 bits per heavy atom. The van der Waals surface area contributed by atoms with E-state index in [9.17, 15) is 19.2 Å². The number of hydrogen-bond donors (Lipinski definition) is 0. The molecule has 8 nitrogen and oxygen atoms in total. The van der Waals surface area contributed by atoms with Crippen molar-refractivity contribution >= 4 is 23.5 Å². The van der Waals surface area contributed by atoms with Crippen LogP contribution in [-0.4, -0.2) is 60.1 Å². The molecule has 0 amide bonds. The number of hydrogen-bond acceptors (Lipinski definition) is 8. The van der Waals surface area contributed by atoms with E-state index < -0.39 is 11.2 Å². The third kappa shape index (κ3) is 4.27. The van der Waals surface area contributed by atoms with E-state index >= 15 is 0 Å². The van der Waals surface area contributed by atoms with Gasteiger partial charge in [0.1, 0.15) is 36.0 Å². The van der Waals surface area contributed by atoms with Gasteiger partial charge in [-0.2, -0.15) is 0 Å². The number of rotatable bonds is 9. The van der Waals surface area contributed by atoms with Crippen LogP contribution < -0.4 is 0 Å². The highest BCUT2D eigenvalue weighted by Gasteiger charge is 2.60. The molecular weight excluding hydrogens is 368 g/mol. The largest absolute Gasteiger partial charge is 0.462 e. The summed E-state index contributed by atoms with van der Waals surface area (Å²) in [6, 6.07) is 0. The number of fused-ring (bicyclic) bond motifs is 2. The maximum absolute atomic E-state index is 11.9. The van der Waals surface area contributed by atoms with Gasteiger partial charge in [-0.3, -0.25) is 19.2 Å². The van der Waals surface area contributed by atoms with E-state index in [1.165, 1.54) is 0 Å². The van der Waals surface area contributed by atoms with Crippen LogP contribution in [0.2, 0.25) is 0 Å². The van der Waals surface area contributed by atoms with E-state index in [1.807, 2.05) is 0 Å². The summed E-state index contributed by atoms with van der Waals surface area (Å²) in [4.78, 5) is 46.4. The fourth-order valence-corrected chi connectivity index (χ4v) is 4.20. The van der Waals surface area contributed by atoms with E-state index in [4.69, 9.17) is 18.9 Å². The van der Waals surface area contributed by atoms with Gasteiger partial charge in [0.25, 0.3) is 0 Å². The van der Waals surface area contributed by atoms with Crippen LogP contribution in [0.15, 0.2) is 0 Å². The van der Waals surface area contributed by atoms with Crippen molar-refractivity contribution in [2.24, 2.45) is 0 Å². The zero-order chi connectivity index (χ0) is 19.8. The fraction of sp³-hybridized carbons (Fsp3) is 0.800. The number of esters is 2. The SMILES string of the molecule is O=C1CCC2(COC(=O)CCCCC(=O)OCC34CCC(=O)CC3O4)OC2C1. The molecule has 4 atom stereocenters. The predicted molar refractivity (Wildman–Crippen MR) is 93.3 cm³/mol. The number of carbonyl (C=O) groups is 4. The van der Waals surface area contributed by atoms with Crippen molar-refractivity contribution in [2.45, 2.75) is 87.6 Å². The van der Waals surface area contributed by atoms with Gasteiger partial charge in [0.05, 0.1) is 12.2 Å². The number of ether oxygens (including phenoxy) is 4. The van der Waals surface area contributed by atoms with Crippen LogP contribution in [0.1, 0.15) is 64.2 Å². The predicted octanol–water partition coefficient (Wildman–Crippen LogP) is 1.41.